The van der Waals surface area contributed by atoms with Crippen molar-refractivity contribution < 1.29 is 23.7 Å². The molecule has 0 saturated heterocycles. The van der Waals surface area contributed by atoms with Crippen molar-refractivity contribution in [3.8, 4) is 23.0 Å². The molecular formula is C22H27NO5. The molecule has 2 aromatic rings. The predicted molar refractivity (Wildman–Crippen MR) is 106 cm³/mol. The van der Waals surface area contributed by atoms with Crippen LogP contribution in [0, 0.1) is 0 Å². The molecule has 6 nitrogen and oxygen atoms in total. The van der Waals surface area contributed by atoms with Crippen molar-refractivity contribution in [2.24, 2.45) is 0 Å². The van der Waals surface area contributed by atoms with Crippen LogP contribution in [-0.2, 0) is 4.79 Å². The second kappa shape index (κ2) is 8.00. The van der Waals surface area contributed by atoms with E-state index in [4.69, 9.17) is 18.9 Å². The Hall–Kier alpha value is -2.89. The van der Waals surface area contributed by atoms with E-state index in [1.165, 1.54) is 0 Å². The summed E-state index contributed by atoms with van der Waals surface area (Å²) in [5, 5.41) is 3.10. The summed E-state index contributed by atoms with van der Waals surface area (Å²) in [6, 6.07) is 12.7. The van der Waals surface area contributed by atoms with Gasteiger partial charge in [0.15, 0.2) is 17.6 Å². The van der Waals surface area contributed by atoms with E-state index in [2.05, 4.69) is 5.32 Å². The average Bonchev–Trinajstić information content (AvgIpc) is 2.66. The third-order valence-corrected chi connectivity index (χ3v) is 4.74. The second-order valence-electron chi connectivity index (χ2n) is 7.44. The van der Waals surface area contributed by atoms with Gasteiger partial charge in [0, 0.05) is 18.1 Å². The highest BCUT2D eigenvalue weighted by Crippen LogP contribution is 2.41. The third-order valence-electron chi connectivity index (χ3n) is 4.74. The number of para-hydroxylation sites is 2. The van der Waals surface area contributed by atoms with Crippen molar-refractivity contribution in [1.29, 1.82) is 0 Å². The minimum absolute atomic E-state index is 0.180. The zero-order chi connectivity index (χ0) is 20.3. The highest BCUT2D eigenvalue weighted by molar-refractivity contribution is 5.81. The van der Waals surface area contributed by atoms with Gasteiger partial charge in [0.05, 0.1) is 20.3 Å². The lowest BCUT2D eigenvalue weighted by molar-refractivity contribution is -0.128. The first-order valence-corrected chi connectivity index (χ1v) is 9.30. The van der Waals surface area contributed by atoms with Crippen LogP contribution in [0.5, 0.6) is 23.0 Å². The van der Waals surface area contributed by atoms with Gasteiger partial charge in [-0.1, -0.05) is 12.1 Å². The molecule has 1 heterocycles. The molecule has 1 amide bonds. The van der Waals surface area contributed by atoms with Gasteiger partial charge in [-0.3, -0.25) is 4.79 Å². The molecule has 3 rings (SSSR count). The van der Waals surface area contributed by atoms with Gasteiger partial charge in [0.25, 0.3) is 5.91 Å². The summed E-state index contributed by atoms with van der Waals surface area (Å²) >= 11 is 0. The van der Waals surface area contributed by atoms with Crippen LogP contribution in [0.3, 0.4) is 0 Å². The summed E-state index contributed by atoms with van der Waals surface area (Å²) in [6.45, 7) is 5.73. The van der Waals surface area contributed by atoms with Gasteiger partial charge in [0.2, 0.25) is 0 Å². The summed E-state index contributed by atoms with van der Waals surface area (Å²) < 4.78 is 22.5. The molecule has 2 atom stereocenters. The van der Waals surface area contributed by atoms with Crippen molar-refractivity contribution in [2.75, 3.05) is 14.2 Å². The molecule has 28 heavy (non-hydrogen) atoms. The Bertz CT molecular complexity index is 849. The van der Waals surface area contributed by atoms with Crippen LogP contribution in [0.4, 0.5) is 0 Å². The lowest BCUT2D eigenvalue weighted by atomic mass is 9.89. The summed E-state index contributed by atoms with van der Waals surface area (Å²) in [4.78, 5) is 12.8. The van der Waals surface area contributed by atoms with Gasteiger partial charge < -0.3 is 24.3 Å². The zero-order valence-corrected chi connectivity index (χ0v) is 16.9. The molecule has 1 aliphatic heterocycles. The van der Waals surface area contributed by atoms with E-state index in [0.717, 1.165) is 17.1 Å². The molecule has 0 spiro atoms. The van der Waals surface area contributed by atoms with Crippen molar-refractivity contribution in [2.45, 2.75) is 44.9 Å². The Morgan fingerprint density at radius 3 is 2.54 bits per heavy atom. The summed E-state index contributed by atoms with van der Waals surface area (Å²) in [6.07, 6.45) is -0.0247. The number of amides is 1. The fraction of sp³-hybridized carbons (Fsp3) is 0.409. The molecule has 0 aromatic heterocycles. The molecule has 6 heteroatoms. The van der Waals surface area contributed by atoms with Crippen molar-refractivity contribution in [3.63, 3.8) is 0 Å². The number of carbonyl (C=O) groups is 1. The third kappa shape index (κ3) is 4.32. The van der Waals surface area contributed by atoms with Crippen LogP contribution in [0.2, 0.25) is 0 Å². The van der Waals surface area contributed by atoms with Crippen LogP contribution < -0.4 is 24.3 Å². The van der Waals surface area contributed by atoms with Gasteiger partial charge in [-0.15, -0.1) is 0 Å². The van der Waals surface area contributed by atoms with Crippen molar-refractivity contribution >= 4 is 5.91 Å². The van der Waals surface area contributed by atoms with Gasteiger partial charge in [-0.25, -0.2) is 0 Å². The van der Waals surface area contributed by atoms with E-state index in [1.807, 2.05) is 44.2 Å². The van der Waals surface area contributed by atoms with Gasteiger partial charge >= 0.3 is 0 Å². The van der Waals surface area contributed by atoms with Crippen LogP contribution in [-0.4, -0.2) is 31.8 Å². The molecule has 1 N–H and O–H groups in total. The second-order valence-corrected chi connectivity index (χ2v) is 7.44. The molecule has 0 fully saturated rings. The monoisotopic (exact) mass is 385 g/mol. The molecule has 0 aliphatic carbocycles. The molecule has 2 aromatic carbocycles. The number of fused-ring (bicyclic) bond motifs is 1. The maximum absolute atomic E-state index is 12.8. The molecule has 1 aliphatic rings. The summed E-state index contributed by atoms with van der Waals surface area (Å²) in [5.74, 6) is 2.36. The van der Waals surface area contributed by atoms with E-state index < -0.39 is 11.7 Å². The van der Waals surface area contributed by atoms with Gasteiger partial charge in [-0.2, -0.15) is 0 Å². The number of rotatable bonds is 6. The Morgan fingerprint density at radius 2 is 1.86 bits per heavy atom. The number of hydrogen-bond acceptors (Lipinski definition) is 5. The fourth-order valence-corrected chi connectivity index (χ4v) is 3.34. The highest BCUT2D eigenvalue weighted by Gasteiger charge is 2.35. The minimum Gasteiger partial charge on any atom is -0.497 e. The highest BCUT2D eigenvalue weighted by atomic mass is 16.5. The van der Waals surface area contributed by atoms with Crippen LogP contribution in [0.15, 0.2) is 42.5 Å². The van der Waals surface area contributed by atoms with E-state index in [9.17, 15) is 4.79 Å². The maximum atomic E-state index is 12.8. The first-order chi connectivity index (χ1) is 13.3. The fourth-order valence-electron chi connectivity index (χ4n) is 3.34. The molecule has 0 saturated carbocycles. The van der Waals surface area contributed by atoms with E-state index in [-0.39, 0.29) is 11.9 Å². The zero-order valence-electron chi connectivity index (χ0n) is 16.9. The van der Waals surface area contributed by atoms with Crippen molar-refractivity contribution in [1.82, 2.24) is 5.32 Å². The normalized spacial score (nSPS) is 18.2. The Balaban J connectivity index is 1.76. The number of benzene rings is 2. The van der Waals surface area contributed by atoms with Crippen LogP contribution >= 0.6 is 0 Å². The molecular weight excluding hydrogens is 358 g/mol. The SMILES string of the molecule is COc1ccc2c(c1)OC(C)(C)C[C@H]2NC(=O)[C@H](C)Oc1ccccc1OC. The molecule has 0 bridgehead atoms. The predicted octanol–water partition coefficient (Wildman–Crippen LogP) is 3.89. The standard InChI is InChI=1S/C22H27NO5/c1-14(27-19-9-7-6-8-18(19)26-5)21(24)23-17-13-22(2,3)28-20-12-15(25-4)10-11-16(17)20/h6-12,14,17H,13H2,1-5H3,(H,23,24)/t14-,17+/m0/s1. The summed E-state index contributed by atoms with van der Waals surface area (Å²) in [7, 11) is 3.19. The van der Waals surface area contributed by atoms with E-state index in [1.54, 1.807) is 33.3 Å². The molecule has 0 unspecified atom stereocenters. The number of nitrogens with one attached hydrogen (secondary N) is 1. The topological polar surface area (TPSA) is 66.0 Å². The minimum atomic E-state index is -0.677. The van der Waals surface area contributed by atoms with Crippen molar-refractivity contribution in [3.05, 3.63) is 48.0 Å². The number of hydrogen-bond donors (Lipinski definition) is 1. The Kier molecular flexibility index (Phi) is 5.68. The lowest BCUT2D eigenvalue weighted by Gasteiger charge is -2.38. The summed E-state index contributed by atoms with van der Waals surface area (Å²) in [5.41, 5.74) is 0.516. The lowest BCUT2D eigenvalue weighted by Crippen LogP contribution is -2.44. The molecule has 0 radical (unpaired) electrons. The maximum Gasteiger partial charge on any atom is 0.261 e. The first kappa shape index (κ1) is 19.9. The van der Waals surface area contributed by atoms with E-state index in [0.29, 0.717) is 17.9 Å². The number of methoxy groups -OCH3 is 2. The Labute approximate surface area is 165 Å². The van der Waals surface area contributed by atoms with Gasteiger partial charge in [-0.05, 0) is 45.0 Å². The van der Waals surface area contributed by atoms with Crippen LogP contribution in [0.1, 0.15) is 38.8 Å². The number of ether oxygens (including phenoxy) is 4. The van der Waals surface area contributed by atoms with E-state index >= 15 is 0 Å². The largest absolute Gasteiger partial charge is 0.497 e. The van der Waals surface area contributed by atoms with Gasteiger partial charge in [0.1, 0.15) is 17.1 Å². The quantitative estimate of drug-likeness (QED) is 0.817. The number of carbonyl (C=O) groups excluding carboxylic acids is 1. The average molecular weight is 385 g/mol. The smallest absolute Gasteiger partial charge is 0.261 e. The molecule has 150 valence electrons. The van der Waals surface area contributed by atoms with Crippen LogP contribution in [0.25, 0.3) is 0 Å². The Morgan fingerprint density at radius 1 is 1.14 bits per heavy atom. The first-order valence-electron chi connectivity index (χ1n) is 9.30.